The van der Waals surface area contributed by atoms with Crippen molar-refractivity contribution in [2.45, 2.75) is 63.4 Å². The molecule has 1 atom stereocenters. The lowest BCUT2D eigenvalue weighted by molar-refractivity contribution is -0.139. The largest absolute Gasteiger partial charge is 0.481 e. The predicted octanol–water partition coefficient (Wildman–Crippen LogP) is 3.03. The van der Waals surface area contributed by atoms with E-state index in [0.717, 1.165) is 36.6 Å². The van der Waals surface area contributed by atoms with E-state index in [1.807, 2.05) is 9.80 Å². The van der Waals surface area contributed by atoms with E-state index in [1.54, 1.807) is 0 Å². The van der Waals surface area contributed by atoms with Crippen LogP contribution < -0.4 is 15.0 Å². The molecule has 2 aromatic rings. The Kier molecular flexibility index (Phi) is 7.11. The SMILES string of the molecule is COc1ncc(N2CCc3ncnc(N[C@H]4CCN(C(=O)C5CCC(O)CC5)C4)c3C2)cc1C(F)(F)F. The monoisotopic (exact) mass is 520 g/mol. The molecule has 1 amide bonds. The zero-order chi connectivity index (χ0) is 26.2. The maximum absolute atomic E-state index is 13.5. The number of aliphatic hydroxyl groups is 1. The van der Waals surface area contributed by atoms with E-state index in [2.05, 4.69) is 20.3 Å². The minimum absolute atomic E-state index is 0.0204. The number of amides is 1. The molecule has 12 heteroatoms. The van der Waals surface area contributed by atoms with Gasteiger partial charge in [-0.1, -0.05) is 0 Å². The van der Waals surface area contributed by atoms with Crippen molar-refractivity contribution < 1.29 is 27.8 Å². The standard InChI is InChI=1S/C25H31F3N6O3/c1-37-23-20(25(26,27)28)10-17(11-29-23)33-9-7-21-19(13-33)22(31-14-30-21)32-16-6-8-34(12-16)24(36)15-2-4-18(35)5-3-15/h10-11,14-16,18,35H,2-9,12-13H2,1H3,(H,30,31,32)/t15?,16-,18?/m0/s1. The average molecular weight is 521 g/mol. The lowest BCUT2D eigenvalue weighted by Gasteiger charge is -2.32. The molecule has 0 radical (unpaired) electrons. The number of anilines is 2. The summed E-state index contributed by atoms with van der Waals surface area (Å²) in [6, 6.07) is 1.09. The maximum Gasteiger partial charge on any atom is 0.421 e. The third-order valence-corrected chi connectivity index (χ3v) is 7.59. The highest BCUT2D eigenvalue weighted by Gasteiger charge is 2.37. The Bertz CT molecular complexity index is 1140. The van der Waals surface area contributed by atoms with Crippen LogP contribution in [0.15, 0.2) is 18.6 Å². The summed E-state index contributed by atoms with van der Waals surface area (Å²) in [5.74, 6) is 0.318. The van der Waals surface area contributed by atoms with E-state index in [9.17, 15) is 23.1 Å². The number of fused-ring (bicyclic) bond motifs is 1. The number of aliphatic hydroxyl groups excluding tert-OH is 1. The van der Waals surface area contributed by atoms with Crippen molar-refractivity contribution in [2.24, 2.45) is 5.92 Å². The molecule has 2 N–H and O–H groups in total. The minimum Gasteiger partial charge on any atom is -0.481 e. The summed E-state index contributed by atoms with van der Waals surface area (Å²) in [6.07, 6.45) is 2.13. The van der Waals surface area contributed by atoms with E-state index in [4.69, 9.17) is 4.74 Å². The van der Waals surface area contributed by atoms with Gasteiger partial charge >= 0.3 is 6.18 Å². The van der Waals surface area contributed by atoms with Gasteiger partial charge in [0.25, 0.3) is 0 Å². The van der Waals surface area contributed by atoms with Crippen LogP contribution in [0.2, 0.25) is 0 Å². The van der Waals surface area contributed by atoms with Crippen molar-refractivity contribution in [1.82, 2.24) is 19.9 Å². The van der Waals surface area contributed by atoms with Crippen LogP contribution in [-0.4, -0.2) is 69.8 Å². The molecule has 0 bridgehead atoms. The summed E-state index contributed by atoms with van der Waals surface area (Å²) < 4.78 is 45.4. The quantitative estimate of drug-likeness (QED) is 0.620. The van der Waals surface area contributed by atoms with Gasteiger partial charge < -0.3 is 25.0 Å². The van der Waals surface area contributed by atoms with Gasteiger partial charge in [0.05, 0.1) is 30.8 Å². The molecule has 0 spiro atoms. The van der Waals surface area contributed by atoms with Gasteiger partial charge in [-0.15, -0.1) is 0 Å². The molecule has 1 saturated heterocycles. The molecule has 2 aromatic heterocycles. The van der Waals surface area contributed by atoms with Crippen LogP contribution in [0.4, 0.5) is 24.7 Å². The molecule has 2 aliphatic heterocycles. The molecule has 0 unspecified atom stereocenters. The molecular weight excluding hydrogens is 489 g/mol. The number of ether oxygens (including phenoxy) is 1. The number of nitrogens with one attached hydrogen (secondary N) is 1. The fraction of sp³-hybridized carbons (Fsp3) is 0.600. The molecule has 200 valence electrons. The Morgan fingerprint density at radius 2 is 1.92 bits per heavy atom. The van der Waals surface area contributed by atoms with Gasteiger partial charge in [-0.2, -0.15) is 13.2 Å². The van der Waals surface area contributed by atoms with E-state index < -0.39 is 17.6 Å². The van der Waals surface area contributed by atoms with Crippen molar-refractivity contribution in [3.8, 4) is 5.88 Å². The van der Waals surface area contributed by atoms with E-state index in [1.165, 1.54) is 19.6 Å². The van der Waals surface area contributed by atoms with Crippen LogP contribution in [0.5, 0.6) is 5.88 Å². The fourth-order valence-corrected chi connectivity index (χ4v) is 5.52. The molecule has 9 nitrogen and oxygen atoms in total. The number of pyridine rings is 1. The van der Waals surface area contributed by atoms with E-state index in [0.29, 0.717) is 56.9 Å². The highest BCUT2D eigenvalue weighted by atomic mass is 19.4. The Morgan fingerprint density at radius 3 is 2.65 bits per heavy atom. The summed E-state index contributed by atoms with van der Waals surface area (Å²) >= 11 is 0. The Hall–Kier alpha value is -3.15. The number of carbonyl (C=O) groups is 1. The first-order chi connectivity index (χ1) is 17.7. The van der Waals surface area contributed by atoms with Crippen LogP contribution in [0.25, 0.3) is 0 Å². The second-order valence-electron chi connectivity index (χ2n) is 9.99. The minimum atomic E-state index is -4.58. The van der Waals surface area contributed by atoms with Gasteiger partial charge in [-0.25, -0.2) is 15.0 Å². The van der Waals surface area contributed by atoms with Crippen molar-refractivity contribution in [2.75, 3.05) is 37.0 Å². The first-order valence-electron chi connectivity index (χ1n) is 12.6. The summed E-state index contributed by atoms with van der Waals surface area (Å²) in [4.78, 5) is 29.4. The number of rotatable bonds is 5. The topological polar surface area (TPSA) is 104 Å². The summed E-state index contributed by atoms with van der Waals surface area (Å²) in [6.45, 7) is 2.06. The van der Waals surface area contributed by atoms with E-state index >= 15 is 0 Å². The zero-order valence-electron chi connectivity index (χ0n) is 20.7. The predicted molar refractivity (Wildman–Crippen MR) is 129 cm³/mol. The number of alkyl halides is 3. The number of hydrogen-bond acceptors (Lipinski definition) is 8. The fourth-order valence-electron chi connectivity index (χ4n) is 5.52. The van der Waals surface area contributed by atoms with Crippen LogP contribution in [0.1, 0.15) is 48.9 Å². The van der Waals surface area contributed by atoms with Gasteiger partial charge in [-0.05, 0) is 38.2 Å². The third-order valence-electron chi connectivity index (χ3n) is 7.59. The Balaban J connectivity index is 1.28. The van der Waals surface area contributed by atoms with Crippen molar-refractivity contribution in [1.29, 1.82) is 0 Å². The van der Waals surface area contributed by atoms with Crippen LogP contribution in [0.3, 0.4) is 0 Å². The number of carbonyl (C=O) groups excluding carboxylic acids is 1. The van der Waals surface area contributed by atoms with Crippen molar-refractivity contribution in [3.63, 3.8) is 0 Å². The molecule has 1 saturated carbocycles. The smallest absolute Gasteiger partial charge is 0.421 e. The molecule has 5 rings (SSSR count). The van der Waals surface area contributed by atoms with Crippen LogP contribution >= 0.6 is 0 Å². The lowest BCUT2D eigenvalue weighted by atomic mass is 9.86. The first-order valence-corrected chi connectivity index (χ1v) is 12.6. The number of aromatic nitrogens is 3. The normalized spacial score (nSPS) is 24.1. The van der Waals surface area contributed by atoms with Crippen molar-refractivity contribution in [3.05, 3.63) is 35.4 Å². The highest BCUT2D eigenvalue weighted by molar-refractivity contribution is 5.79. The van der Waals surface area contributed by atoms with Crippen molar-refractivity contribution >= 4 is 17.4 Å². The number of hydrogen-bond donors (Lipinski definition) is 2. The maximum atomic E-state index is 13.5. The van der Waals surface area contributed by atoms with Gasteiger partial charge in [0.15, 0.2) is 0 Å². The third kappa shape index (κ3) is 5.43. The van der Waals surface area contributed by atoms with Gasteiger partial charge in [0.1, 0.15) is 17.7 Å². The molecule has 3 aliphatic rings. The van der Waals surface area contributed by atoms with Gasteiger partial charge in [0.2, 0.25) is 11.8 Å². The van der Waals surface area contributed by atoms with E-state index in [-0.39, 0.29) is 24.0 Å². The molecule has 37 heavy (non-hydrogen) atoms. The number of likely N-dealkylation sites (tertiary alicyclic amines) is 1. The number of halogens is 3. The summed E-state index contributed by atoms with van der Waals surface area (Å²) in [5, 5.41) is 13.2. The second-order valence-corrected chi connectivity index (χ2v) is 9.99. The lowest BCUT2D eigenvalue weighted by Crippen LogP contribution is -2.38. The van der Waals surface area contributed by atoms with Gasteiger partial charge in [-0.3, -0.25) is 4.79 Å². The summed E-state index contributed by atoms with van der Waals surface area (Å²) in [5.41, 5.74) is 1.13. The second kappa shape index (κ2) is 10.3. The molecule has 1 aliphatic carbocycles. The number of methoxy groups -OCH3 is 1. The van der Waals surface area contributed by atoms with Crippen LogP contribution in [0, 0.1) is 5.92 Å². The molecule has 4 heterocycles. The molecular formula is C25H31F3N6O3. The highest BCUT2D eigenvalue weighted by Crippen LogP contribution is 2.38. The first kappa shape index (κ1) is 25.5. The molecule has 0 aromatic carbocycles. The van der Waals surface area contributed by atoms with Gasteiger partial charge in [0, 0.05) is 50.1 Å². The van der Waals surface area contributed by atoms with Crippen LogP contribution in [-0.2, 0) is 23.9 Å². The summed E-state index contributed by atoms with van der Waals surface area (Å²) in [7, 11) is 1.17. The number of nitrogens with zero attached hydrogens (tertiary/aromatic N) is 5. The Labute approximate surface area is 213 Å². The zero-order valence-corrected chi connectivity index (χ0v) is 20.7. The Morgan fingerprint density at radius 1 is 1.14 bits per heavy atom. The average Bonchev–Trinajstić information content (AvgIpc) is 3.36. The molecule has 2 fully saturated rings.